The second kappa shape index (κ2) is 6.68. The lowest BCUT2D eigenvalue weighted by Gasteiger charge is -2.31. The number of aromatic nitrogens is 3. The minimum Gasteiger partial charge on any atom is -0.368 e. The number of hydrogen-bond donors (Lipinski definition) is 1. The Morgan fingerprint density at radius 1 is 1.38 bits per heavy atom. The third-order valence-electron chi connectivity index (χ3n) is 4.56. The molecular formula is C17H22FN5O. The van der Waals surface area contributed by atoms with E-state index in [9.17, 15) is 9.18 Å². The Morgan fingerprint density at radius 2 is 2.08 bits per heavy atom. The molecule has 6 nitrogen and oxygen atoms in total. The second-order valence-electron chi connectivity index (χ2n) is 6.28. The molecule has 1 saturated heterocycles. The third kappa shape index (κ3) is 3.31. The summed E-state index contributed by atoms with van der Waals surface area (Å²) in [6.07, 6.45) is 1.95. The van der Waals surface area contributed by atoms with Crippen LogP contribution < -0.4 is 5.73 Å². The second-order valence-corrected chi connectivity index (χ2v) is 6.28. The molecule has 1 aromatic carbocycles. The van der Waals surface area contributed by atoms with Gasteiger partial charge in [0.05, 0.1) is 6.54 Å². The third-order valence-corrected chi connectivity index (χ3v) is 4.56. The average Bonchev–Trinajstić information content (AvgIpc) is 3.08. The van der Waals surface area contributed by atoms with Crippen LogP contribution in [0.2, 0.25) is 0 Å². The number of rotatable bonds is 5. The van der Waals surface area contributed by atoms with Crippen molar-refractivity contribution >= 4 is 5.91 Å². The largest absolute Gasteiger partial charge is 0.368 e. The predicted molar refractivity (Wildman–Crippen MR) is 87.6 cm³/mol. The van der Waals surface area contributed by atoms with E-state index in [-0.39, 0.29) is 11.9 Å². The van der Waals surface area contributed by atoms with Crippen molar-refractivity contribution in [3.8, 4) is 0 Å². The lowest BCUT2D eigenvalue weighted by molar-refractivity contribution is -0.124. The van der Waals surface area contributed by atoms with Gasteiger partial charge in [0.2, 0.25) is 5.91 Å². The van der Waals surface area contributed by atoms with Crippen molar-refractivity contribution in [2.75, 3.05) is 6.54 Å². The van der Waals surface area contributed by atoms with Crippen LogP contribution in [0.25, 0.3) is 0 Å². The summed E-state index contributed by atoms with van der Waals surface area (Å²) in [7, 11) is 0. The van der Waals surface area contributed by atoms with Gasteiger partial charge in [-0.1, -0.05) is 12.1 Å². The topological polar surface area (TPSA) is 77.0 Å². The van der Waals surface area contributed by atoms with E-state index in [2.05, 4.69) is 15.0 Å². The van der Waals surface area contributed by atoms with Gasteiger partial charge in [-0.15, -0.1) is 0 Å². The fourth-order valence-electron chi connectivity index (χ4n) is 3.49. The Labute approximate surface area is 140 Å². The van der Waals surface area contributed by atoms with Crippen LogP contribution in [-0.2, 0) is 11.3 Å². The van der Waals surface area contributed by atoms with E-state index in [4.69, 9.17) is 5.73 Å². The number of halogens is 1. The van der Waals surface area contributed by atoms with Crippen LogP contribution in [0, 0.1) is 19.7 Å². The first-order valence-electron chi connectivity index (χ1n) is 8.14. The first kappa shape index (κ1) is 16.6. The van der Waals surface area contributed by atoms with Gasteiger partial charge < -0.3 is 5.73 Å². The van der Waals surface area contributed by atoms with Crippen LogP contribution in [0.3, 0.4) is 0 Å². The molecule has 1 aliphatic rings. The van der Waals surface area contributed by atoms with Gasteiger partial charge in [-0.3, -0.25) is 9.69 Å². The molecular weight excluding hydrogens is 309 g/mol. The molecule has 0 unspecified atom stereocenters. The van der Waals surface area contributed by atoms with Crippen LogP contribution in [-0.4, -0.2) is 38.2 Å². The van der Waals surface area contributed by atoms with Crippen LogP contribution in [0.4, 0.5) is 4.39 Å². The summed E-state index contributed by atoms with van der Waals surface area (Å²) in [5.41, 5.74) is 6.39. The van der Waals surface area contributed by atoms with Gasteiger partial charge in [-0.25, -0.2) is 14.1 Å². The van der Waals surface area contributed by atoms with E-state index in [1.54, 1.807) is 12.1 Å². The van der Waals surface area contributed by atoms with Crippen molar-refractivity contribution in [1.82, 2.24) is 19.7 Å². The minimum atomic E-state index is -0.553. The maximum Gasteiger partial charge on any atom is 0.239 e. The van der Waals surface area contributed by atoms with E-state index in [0.29, 0.717) is 6.54 Å². The summed E-state index contributed by atoms with van der Waals surface area (Å²) >= 11 is 0. The number of carbonyl (C=O) groups excluding carboxylic acids is 1. The van der Waals surface area contributed by atoms with Gasteiger partial charge in [0.1, 0.15) is 23.5 Å². The van der Waals surface area contributed by atoms with Gasteiger partial charge in [-0.05, 0) is 50.9 Å². The van der Waals surface area contributed by atoms with E-state index in [0.717, 1.165) is 36.6 Å². The molecule has 0 saturated carbocycles. The molecule has 2 N–H and O–H groups in total. The van der Waals surface area contributed by atoms with Gasteiger partial charge >= 0.3 is 0 Å². The molecule has 1 aliphatic heterocycles. The van der Waals surface area contributed by atoms with Crippen molar-refractivity contribution in [3.63, 3.8) is 0 Å². The molecule has 0 spiro atoms. The Morgan fingerprint density at radius 3 is 2.67 bits per heavy atom. The first-order valence-corrected chi connectivity index (χ1v) is 8.14. The first-order chi connectivity index (χ1) is 11.5. The minimum absolute atomic E-state index is 0.146. The number of amides is 1. The van der Waals surface area contributed by atoms with Gasteiger partial charge in [0.25, 0.3) is 0 Å². The summed E-state index contributed by atoms with van der Waals surface area (Å²) in [4.78, 5) is 18.5. The van der Waals surface area contributed by atoms with Gasteiger partial charge in [0, 0.05) is 6.04 Å². The Hall–Kier alpha value is -2.28. The molecule has 2 aromatic rings. The average molecular weight is 331 g/mol. The van der Waals surface area contributed by atoms with Crippen molar-refractivity contribution < 1.29 is 9.18 Å². The summed E-state index contributed by atoms with van der Waals surface area (Å²) in [5, 5.41) is 4.41. The highest BCUT2D eigenvalue weighted by Gasteiger charge is 2.35. The normalized spacial score (nSPS) is 19.5. The molecule has 2 heterocycles. The number of likely N-dealkylation sites (tertiary alicyclic amines) is 1. The fraction of sp³-hybridized carbons (Fsp3) is 0.471. The quantitative estimate of drug-likeness (QED) is 0.905. The number of aryl methyl sites for hydroxylation is 2. The van der Waals surface area contributed by atoms with E-state index in [1.807, 2.05) is 18.5 Å². The van der Waals surface area contributed by atoms with E-state index < -0.39 is 11.9 Å². The number of benzene rings is 1. The number of hydrogen-bond acceptors (Lipinski definition) is 4. The molecule has 2 atom stereocenters. The molecule has 3 rings (SSSR count). The number of primary amides is 1. The maximum absolute atomic E-state index is 13.2. The highest BCUT2D eigenvalue weighted by atomic mass is 19.1. The van der Waals surface area contributed by atoms with E-state index in [1.165, 1.54) is 12.1 Å². The number of nitrogens with two attached hydrogens (primary N) is 1. The highest BCUT2D eigenvalue weighted by Crippen LogP contribution is 2.30. The van der Waals surface area contributed by atoms with Crippen LogP contribution in [0.15, 0.2) is 24.3 Å². The van der Waals surface area contributed by atoms with Crippen molar-refractivity contribution in [2.24, 2.45) is 5.73 Å². The smallest absolute Gasteiger partial charge is 0.239 e. The SMILES string of the molecule is Cc1nc(C)n(C[C@@H]2CCCN2[C@H](C(N)=O)c2ccc(F)cc2)n1. The van der Waals surface area contributed by atoms with Gasteiger partial charge in [-0.2, -0.15) is 5.10 Å². The Kier molecular flexibility index (Phi) is 4.62. The number of nitrogens with zero attached hydrogens (tertiary/aromatic N) is 4. The molecule has 7 heteroatoms. The molecule has 1 fully saturated rings. The molecule has 128 valence electrons. The molecule has 1 amide bonds. The predicted octanol–water partition coefficient (Wildman–Crippen LogP) is 1.73. The zero-order valence-corrected chi connectivity index (χ0v) is 13.9. The lowest BCUT2D eigenvalue weighted by atomic mass is 10.0. The monoisotopic (exact) mass is 331 g/mol. The molecule has 0 radical (unpaired) electrons. The van der Waals surface area contributed by atoms with E-state index >= 15 is 0 Å². The number of carbonyl (C=O) groups is 1. The summed E-state index contributed by atoms with van der Waals surface area (Å²) in [6.45, 7) is 5.23. The molecule has 24 heavy (non-hydrogen) atoms. The van der Waals surface area contributed by atoms with Crippen LogP contribution in [0.1, 0.15) is 36.1 Å². The van der Waals surface area contributed by atoms with Gasteiger partial charge in [0.15, 0.2) is 0 Å². The summed E-state index contributed by atoms with van der Waals surface area (Å²) in [6, 6.07) is 5.58. The van der Waals surface area contributed by atoms with Crippen molar-refractivity contribution in [1.29, 1.82) is 0 Å². The van der Waals surface area contributed by atoms with Crippen LogP contribution in [0.5, 0.6) is 0 Å². The van der Waals surface area contributed by atoms with Crippen molar-refractivity contribution in [2.45, 2.75) is 45.3 Å². The summed E-state index contributed by atoms with van der Waals surface area (Å²) < 4.78 is 15.1. The Balaban J connectivity index is 1.85. The highest BCUT2D eigenvalue weighted by molar-refractivity contribution is 5.81. The van der Waals surface area contributed by atoms with Crippen molar-refractivity contribution in [3.05, 3.63) is 47.3 Å². The summed E-state index contributed by atoms with van der Waals surface area (Å²) in [5.74, 6) is 0.854. The Bertz CT molecular complexity index is 727. The van der Waals surface area contributed by atoms with Crippen LogP contribution >= 0.6 is 0 Å². The maximum atomic E-state index is 13.2. The lowest BCUT2D eigenvalue weighted by Crippen LogP contribution is -2.42. The molecule has 0 aliphatic carbocycles. The fourth-order valence-corrected chi connectivity index (χ4v) is 3.49. The zero-order chi connectivity index (χ0) is 17.3. The molecule has 0 bridgehead atoms. The molecule has 1 aromatic heterocycles. The standard InChI is InChI=1S/C17H22FN5O/c1-11-20-12(2)23(21-11)10-15-4-3-9-22(15)16(17(19)24)13-5-7-14(18)8-6-13/h5-8,15-16H,3-4,9-10H2,1-2H3,(H2,19,24)/t15-,16-/m0/s1. The zero-order valence-electron chi connectivity index (χ0n) is 13.9.